The third-order valence-electron chi connectivity index (χ3n) is 2.74. The first-order chi connectivity index (χ1) is 7.20. The molecule has 0 saturated carbocycles. The number of amides is 1. The number of carbonyl (C=O) groups is 1. The van der Waals surface area contributed by atoms with E-state index >= 15 is 0 Å². The maximum atomic E-state index is 11.9. The van der Waals surface area contributed by atoms with E-state index in [9.17, 15) is 4.79 Å². The van der Waals surface area contributed by atoms with Gasteiger partial charge < -0.3 is 10.6 Å². The van der Waals surface area contributed by atoms with Crippen LogP contribution in [-0.2, 0) is 6.42 Å². The molecule has 1 saturated heterocycles. The first-order valence-electron chi connectivity index (χ1n) is 5.30. The molecule has 3 N–H and O–H groups in total. The summed E-state index contributed by atoms with van der Waals surface area (Å²) in [6.45, 7) is 3.41. The first kappa shape index (κ1) is 10.2. The highest BCUT2D eigenvalue weighted by Gasteiger charge is 2.25. The highest BCUT2D eigenvalue weighted by molar-refractivity contribution is 5.92. The van der Waals surface area contributed by atoms with Gasteiger partial charge in [0.1, 0.15) is 5.69 Å². The molecule has 2 rings (SSSR count). The van der Waals surface area contributed by atoms with Gasteiger partial charge in [0.25, 0.3) is 5.91 Å². The Bertz CT molecular complexity index is 360. The van der Waals surface area contributed by atoms with E-state index < -0.39 is 0 Å². The maximum absolute atomic E-state index is 11.9. The van der Waals surface area contributed by atoms with Crippen LogP contribution < -0.4 is 5.73 Å². The van der Waals surface area contributed by atoms with Gasteiger partial charge >= 0.3 is 0 Å². The second-order valence-electron chi connectivity index (χ2n) is 3.93. The molecule has 5 heteroatoms. The lowest BCUT2D eigenvalue weighted by Gasteiger charge is -2.13. The monoisotopic (exact) mass is 208 g/mol. The van der Waals surface area contributed by atoms with Gasteiger partial charge in [0.2, 0.25) is 0 Å². The SMILES string of the molecule is CCc1cc(C(=O)N2CCC(N)C2)n[nH]1. The number of nitrogens with zero attached hydrogens (tertiary/aromatic N) is 2. The van der Waals surface area contributed by atoms with Crippen LogP contribution in [0, 0.1) is 0 Å². The number of likely N-dealkylation sites (tertiary alicyclic amines) is 1. The van der Waals surface area contributed by atoms with Crippen molar-refractivity contribution < 1.29 is 4.79 Å². The lowest BCUT2D eigenvalue weighted by atomic mass is 10.3. The molecule has 82 valence electrons. The van der Waals surface area contributed by atoms with Gasteiger partial charge in [0, 0.05) is 24.8 Å². The number of hydrogen-bond acceptors (Lipinski definition) is 3. The van der Waals surface area contributed by atoms with Crippen molar-refractivity contribution in [1.82, 2.24) is 15.1 Å². The van der Waals surface area contributed by atoms with E-state index in [4.69, 9.17) is 5.73 Å². The van der Waals surface area contributed by atoms with Crippen molar-refractivity contribution in [2.24, 2.45) is 5.73 Å². The van der Waals surface area contributed by atoms with Crippen LogP contribution in [-0.4, -0.2) is 40.1 Å². The number of nitrogens with two attached hydrogens (primary N) is 1. The van der Waals surface area contributed by atoms with E-state index in [1.54, 1.807) is 4.90 Å². The molecule has 0 aromatic carbocycles. The molecule has 1 unspecified atom stereocenters. The Labute approximate surface area is 88.6 Å². The average molecular weight is 208 g/mol. The normalized spacial score (nSPS) is 20.9. The fourth-order valence-corrected chi connectivity index (χ4v) is 1.79. The summed E-state index contributed by atoms with van der Waals surface area (Å²) in [5.74, 6) is -0.0149. The van der Waals surface area contributed by atoms with Gasteiger partial charge in [-0.05, 0) is 18.9 Å². The number of hydrogen-bond donors (Lipinski definition) is 2. The summed E-state index contributed by atoms with van der Waals surface area (Å²) in [6.07, 6.45) is 1.75. The van der Waals surface area contributed by atoms with Gasteiger partial charge in [-0.1, -0.05) is 6.92 Å². The van der Waals surface area contributed by atoms with Gasteiger partial charge in [-0.25, -0.2) is 0 Å². The fourth-order valence-electron chi connectivity index (χ4n) is 1.79. The summed E-state index contributed by atoms with van der Waals surface area (Å²) >= 11 is 0. The highest BCUT2D eigenvalue weighted by atomic mass is 16.2. The number of H-pyrrole nitrogens is 1. The molecule has 0 spiro atoms. The quantitative estimate of drug-likeness (QED) is 0.726. The van der Waals surface area contributed by atoms with E-state index in [2.05, 4.69) is 10.2 Å². The lowest BCUT2D eigenvalue weighted by Crippen LogP contribution is -2.32. The zero-order valence-electron chi connectivity index (χ0n) is 8.86. The number of nitrogens with one attached hydrogen (secondary N) is 1. The second kappa shape index (κ2) is 4.02. The molecule has 15 heavy (non-hydrogen) atoms. The molecule has 1 aliphatic rings. The Balaban J connectivity index is 2.07. The van der Waals surface area contributed by atoms with Crippen molar-refractivity contribution >= 4 is 5.91 Å². The van der Waals surface area contributed by atoms with E-state index in [0.29, 0.717) is 12.2 Å². The van der Waals surface area contributed by atoms with Crippen LogP contribution in [0.4, 0.5) is 0 Å². The van der Waals surface area contributed by atoms with Crippen molar-refractivity contribution in [2.45, 2.75) is 25.8 Å². The molecule has 0 aliphatic carbocycles. The molecule has 1 amide bonds. The third kappa shape index (κ3) is 2.02. The van der Waals surface area contributed by atoms with Gasteiger partial charge in [-0.3, -0.25) is 9.89 Å². The van der Waals surface area contributed by atoms with Crippen LogP contribution in [0.2, 0.25) is 0 Å². The molecule has 5 nitrogen and oxygen atoms in total. The summed E-state index contributed by atoms with van der Waals surface area (Å²) < 4.78 is 0. The van der Waals surface area contributed by atoms with Crippen molar-refractivity contribution in [1.29, 1.82) is 0 Å². The zero-order chi connectivity index (χ0) is 10.8. The Kier molecular flexibility index (Phi) is 2.73. The molecule has 0 radical (unpaired) electrons. The molecule has 1 aliphatic heterocycles. The van der Waals surface area contributed by atoms with Crippen LogP contribution in [0.15, 0.2) is 6.07 Å². The number of rotatable bonds is 2. The molecular weight excluding hydrogens is 192 g/mol. The van der Waals surface area contributed by atoms with Gasteiger partial charge in [0.15, 0.2) is 0 Å². The van der Waals surface area contributed by atoms with Crippen LogP contribution in [0.1, 0.15) is 29.5 Å². The fraction of sp³-hybridized carbons (Fsp3) is 0.600. The van der Waals surface area contributed by atoms with Crippen molar-refractivity contribution in [2.75, 3.05) is 13.1 Å². The second-order valence-corrected chi connectivity index (χ2v) is 3.93. The topological polar surface area (TPSA) is 75.0 Å². The van der Waals surface area contributed by atoms with Crippen LogP contribution in [0.25, 0.3) is 0 Å². The summed E-state index contributed by atoms with van der Waals surface area (Å²) in [6, 6.07) is 1.94. The predicted octanol–water partition coefficient (Wildman–Crippen LogP) is 0.145. The predicted molar refractivity (Wildman–Crippen MR) is 56.5 cm³/mol. The summed E-state index contributed by atoms with van der Waals surface area (Å²) in [5, 5.41) is 6.84. The minimum absolute atomic E-state index is 0.0149. The molecular formula is C10H16N4O. The minimum atomic E-state index is -0.0149. The Morgan fingerprint density at radius 2 is 2.60 bits per heavy atom. The smallest absolute Gasteiger partial charge is 0.274 e. The van der Waals surface area contributed by atoms with Crippen molar-refractivity contribution in [3.05, 3.63) is 17.5 Å². The zero-order valence-corrected chi connectivity index (χ0v) is 8.86. The molecule has 1 aromatic rings. The molecule has 1 aromatic heterocycles. The van der Waals surface area contributed by atoms with Crippen molar-refractivity contribution in [3.8, 4) is 0 Å². The number of carbonyl (C=O) groups excluding carboxylic acids is 1. The number of aromatic nitrogens is 2. The largest absolute Gasteiger partial charge is 0.336 e. The maximum Gasteiger partial charge on any atom is 0.274 e. The lowest BCUT2D eigenvalue weighted by molar-refractivity contribution is 0.0785. The Morgan fingerprint density at radius 3 is 3.13 bits per heavy atom. The third-order valence-corrected chi connectivity index (χ3v) is 2.74. The number of aryl methyl sites for hydroxylation is 1. The molecule has 0 bridgehead atoms. The highest BCUT2D eigenvalue weighted by Crippen LogP contribution is 2.11. The van der Waals surface area contributed by atoms with E-state index in [-0.39, 0.29) is 11.9 Å². The summed E-state index contributed by atoms with van der Waals surface area (Å²) in [4.78, 5) is 13.7. The van der Waals surface area contributed by atoms with Crippen LogP contribution >= 0.6 is 0 Å². The van der Waals surface area contributed by atoms with E-state index in [1.165, 1.54) is 0 Å². The van der Waals surface area contributed by atoms with Crippen molar-refractivity contribution in [3.63, 3.8) is 0 Å². The Hall–Kier alpha value is -1.36. The van der Waals surface area contributed by atoms with Crippen LogP contribution in [0.3, 0.4) is 0 Å². The van der Waals surface area contributed by atoms with Gasteiger partial charge in [-0.2, -0.15) is 5.10 Å². The first-order valence-corrected chi connectivity index (χ1v) is 5.30. The van der Waals surface area contributed by atoms with E-state index in [1.807, 2.05) is 13.0 Å². The molecule has 1 atom stereocenters. The average Bonchev–Trinajstić information content (AvgIpc) is 2.84. The standard InChI is InChI=1S/C10H16N4O/c1-2-8-5-9(13-12-8)10(15)14-4-3-7(11)6-14/h5,7H,2-4,6,11H2,1H3,(H,12,13). The van der Waals surface area contributed by atoms with E-state index in [0.717, 1.165) is 25.1 Å². The molecule has 1 fully saturated rings. The number of aromatic amines is 1. The van der Waals surface area contributed by atoms with Gasteiger partial charge in [0.05, 0.1) is 0 Å². The summed E-state index contributed by atoms with van der Waals surface area (Å²) in [5.41, 5.74) is 7.24. The van der Waals surface area contributed by atoms with Crippen LogP contribution in [0.5, 0.6) is 0 Å². The van der Waals surface area contributed by atoms with Gasteiger partial charge in [-0.15, -0.1) is 0 Å². The molecule has 2 heterocycles. The Morgan fingerprint density at radius 1 is 1.80 bits per heavy atom. The summed E-state index contributed by atoms with van der Waals surface area (Å²) in [7, 11) is 0. The minimum Gasteiger partial charge on any atom is -0.336 e.